The van der Waals surface area contributed by atoms with E-state index in [1.54, 1.807) is 42.2 Å². The predicted molar refractivity (Wildman–Crippen MR) is 102 cm³/mol. The van der Waals surface area contributed by atoms with E-state index >= 15 is 0 Å². The largest absolute Gasteiger partial charge is 0.346 e. The van der Waals surface area contributed by atoms with E-state index in [0.717, 1.165) is 6.92 Å². The third-order valence-electron chi connectivity index (χ3n) is 3.71. The number of anilines is 2. The zero-order valence-corrected chi connectivity index (χ0v) is 15.8. The molecule has 0 aliphatic carbocycles. The molecule has 3 rings (SSSR count). The van der Waals surface area contributed by atoms with Crippen molar-refractivity contribution in [3.63, 3.8) is 0 Å². The fraction of sp³-hybridized carbons (Fsp3) is 0.222. The number of aromatic nitrogens is 4. The van der Waals surface area contributed by atoms with Crippen molar-refractivity contribution in [3.05, 3.63) is 53.3 Å². The summed E-state index contributed by atoms with van der Waals surface area (Å²) in [5, 5.41) is 10.00. The predicted octanol–water partition coefficient (Wildman–Crippen LogP) is 3.66. The SMILES string of the molecule is Cn1nc(-c2ccc(C(=O)NCC(C)(F)F)cc2)nc1Nc1ccc(Cl)nc1. The Kier molecular flexibility index (Phi) is 5.55. The van der Waals surface area contributed by atoms with Gasteiger partial charge in [-0.15, -0.1) is 5.10 Å². The van der Waals surface area contributed by atoms with Crippen LogP contribution < -0.4 is 10.6 Å². The van der Waals surface area contributed by atoms with E-state index in [2.05, 4.69) is 25.7 Å². The molecule has 0 radical (unpaired) electrons. The van der Waals surface area contributed by atoms with E-state index in [4.69, 9.17) is 11.6 Å². The normalized spacial score (nSPS) is 11.3. The van der Waals surface area contributed by atoms with Crippen molar-refractivity contribution in [2.45, 2.75) is 12.8 Å². The van der Waals surface area contributed by atoms with Crippen LogP contribution in [0.2, 0.25) is 5.15 Å². The van der Waals surface area contributed by atoms with Gasteiger partial charge in [-0.1, -0.05) is 23.7 Å². The fourth-order valence-electron chi connectivity index (χ4n) is 2.30. The molecule has 146 valence electrons. The van der Waals surface area contributed by atoms with Gasteiger partial charge in [0.25, 0.3) is 11.8 Å². The van der Waals surface area contributed by atoms with Gasteiger partial charge in [-0.25, -0.2) is 18.4 Å². The van der Waals surface area contributed by atoms with Crippen LogP contribution in [0.5, 0.6) is 0 Å². The van der Waals surface area contributed by atoms with Gasteiger partial charge in [0.2, 0.25) is 5.95 Å². The van der Waals surface area contributed by atoms with Gasteiger partial charge in [-0.05, 0) is 24.3 Å². The number of pyridine rings is 1. The lowest BCUT2D eigenvalue weighted by Crippen LogP contribution is -2.34. The molecule has 0 spiro atoms. The molecular formula is C18H17ClF2N6O. The van der Waals surface area contributed by atoms with Gasteiger partial charge in [0.15, 0.2) is 5.82 Å². The highest BCUT2D eigenvalue weighted by atomic mass is 35.5. The Labute approximate surface area is 164 Å². The molecule has 7 nitrogen and oxygen atoms in total. The Hall–Kier alpha value is -3.07. The maximum Gasteiger partial charge on any atom is 0.262 e. The lowest BCUT2D eigenvalue weighted by molar-refractivity contribution is 0.0221. The quantitative estimate of drug-likeness (QED) is 0.610. The van der Waals surface area contributed by atoms with Crippen LogP contribution in [0.3, 0.4) is 0 Å². The zero-order valence-electron chi connectivity index (χ0n) is 15.1. The molecule has 0 saturated heterocycles. The number of carbonyl (C=O) groups is 1. The summed E-state index contributed by atoms with van der Waals surface area (Å²) in [5.41, 5.74) is 1.65. The Balaban J connectivity index is 1.72. The molecule has 0 unspecified atom stereocenters. The summed E-state index contributed by atoms with van der Waals surface area (Å²) in [4.78, 5) is 20.3. The molecule has 0 atom stereocenters. The molecule has 0 saturated carbocycles. The third kappa shape index (κ3) is 5.01. The first kappa shape index (κ1) is 19.7. The minimum absolute atomic E-state index is 0.273. The minimum Gasteiger partial charge on any atom is -0.346 e. The number of amides is 1. The second kappa shape index (κ2) is 7.89. The highest BCUT2D eigenvalue weighted by Gasteiger charge is 2.22. The van der Waals surface area contributed by atoms with Crippen LogP contribution in [0.15, 0.2) is 42.6 Å². The summed E-state index contributed by atoms with van der Waals surface area (Å²) in [6.07, 6.45) is 1.57. The van der Waals surface area contributed by atoms with Crippen molar-refractivity contribution >= 4 is 29.1 Å². The molecule has 0 aliphatic heterocycles. The fourth-order valence-corrected chi connectivity index (χ4v) is 2.41. The molecule has 1 aromatic carbocycles. The van der Waals surface area contributed by atoms with Crippen molar-refractivity contribution in [3.8, 4) is 11.4 Å². The zero-order chi connectivity index (χ0) is 20.3. The smallest absolute Gasteiger partial charge is 0.262 e. The summed E-state index contributed by atoms with van der Waals surface area (Å²) >= 11 is 5.77. The molecule has 2 aromatic heterocycles. The maximum absolute atomic E-state index is 12.8. The highest BCUT2D eigenvalue weighted by molar-refractivity contribution is 6.29. The van der Waals surface area contributed by atoms with Gasteiger partial charge in [-0.2, -0.15) is 4.98 Å². The number of halogens is 3. The molecule has 1 amide bonds. The first-order chi connectivity index (χ1) is 13.2. The van der Waals surface area contributed by atoms with Crippen LogP contribution in [0.1, 0.15) is 17.3 Å². The molecule has 3 aromatic rings. The summed E-state index contributed by atoms with van der Waals surface area (Å²) in [5.74, 6) is -2.60. The topological polar surface area (TPSA) is 84.7 Å². The number of alkyl halides is 2. The first-order valence-corrected chi connectivity index (χ1v) is 8.65. The molecule has 10 heteroatoms. The van der Waals surface area contributed by atoms with Crippen LogP contribution in [0.4, 0.5) is 20.4 Å². The molecule has 0 bridgehead atoms. The first-order valence-electron chi connectivity index (χ1n) is 8.27. The van der Waals surface area contributed by atoms with Crippen molar-refractivity contribution < 1.29 is 13.6 Å². The standard InChI is InChI=1S/C18H17ClF2N6O/c1-18(20,21)10-23-16(28)12-5-3-11(4-6-12)15-25-17(27(2)26-15)24-13-7-8-14(19)22-9-13/h3-9H,10H2,1-2H3,(H,23,28)(H,24,25,26). The van der Waals surface area contributed by atoms with E-state index in [9.17, 15) is 13.6 Å². The van der Waals surface area contributed by atoms with Crippen LogP contribution in [0, 0.1) is 0 Å². The van der Waals surface area contributed by atoms with Gasteiger partial charge in [0.05, 0.1) is 18.4 Å². The van der Waals surface area contributed by atoms with Crippen LogP contribution in [-0.2, 0) is 7.05 Å². The second-order valence-corrected chi connectivity index (χ2v) is 6.59. The molecule has 0 fully saturated rings. The van der Waals surface area contributed by atoms with Gasteiger partial charge in [0.1, 0.15) is 5.15 Å². The number of carbonyl (C=O) groups excluding carboxylic acids is 1. The number of nitrogens with one attached hydrogen (secondary N) is 2. The Bertz CT molecular complexity index is 967. The summed E-state index contributed by atoms with van der Waals surface area (Å²) in [7, 11) is 1.73. The highest BCUT2D eigenvalue weighted by Crippen LogP contribution is 2.21. The van der Waals surface area contributed by atoms with Crippen molar-refractivity contribution in [2.24, 2.45) is 7.05 Å². The molecule has 2 N–H and O–H groups in total. The second-order valence-electron chi connectivity index (χ2n) is 6.21. The number of rotatable bonds is 6. The van der Waals surface area contributed by atoms with Crippen molar-refractivity contribution in [1.82, 2.24) is 25.1 Å². The monoisotopic (exact) mass is 406 g/mol. The average Bonchev–Trinajstić information content (AvgIpc) is 3.02. The van der Waals surface area contributed by atoms with E-state index < -0.39 is 18.4 Å². The number of aryl methyl sites for hydroxylation is 1. The molecule has 2 heterocycles. The number of hydrogen-bond donors (Lipinski definition) is 2. The van der Waals surface area contributed by atoms with Gasteiger partial charge in [-0.3, -0.25) is 4.79 Å². The number of benzene rings is 1. The van der Waals surface area contributed by atoms with Crippen molar-refractivity contribution in [2.75, 3.05) is 11.9 Å². The lowest BCUT2D eigenvalue weighted by Gasteiger charge is -2.11. The van der Waals surface area contributed by atoms with E-state index in [1.165, 1.54) is 12.1 Å². The number of hydrogen-bond acceptors (Lipinski definition) is 5. The number of nitrogens with zero attached hydrogens (tertiary/aromatic N) is 4. The van der Waals surface area contributed by atoms with E-state index in [-0.39, 0.29) is 5.56 Å². The summed E-state index contributed by atoms with van der Waals surface area (Å²) in [6, 6.07) is 9.79. The Morgan fingerprint density at radius 3 is 2.54 bits per heavy atom. The Morgan fingerprint density at radius 1 is 1.21 bits per heavy atom. The van der Waals surface area contributed by atoms with Crippen LogP contribution in [0.25, 0.3) is 11.4 Å². The minimum atomic E-state index is -2.96. The molecular weight excluding hydrogens is 390 g/mol. The van der Waals surface area contributed by atoms with Crippen molar-refractivity contribution in [1.29, 1.82) is 0 Å². The average molecular weight is 407 g/mol. The van der Waals surface area contributed by atoms with Crippen LogP contribution in [-0.4, -0.2) is 38.1 Å². The summed E-state index contributed by atoms with van der Waals surface area (Å²) < 4.78 is 27.3. The molecule has 0 aliphatic rings. The summed E-state index contributed by atoms with van der Waals surface area (Å²) in [6.45, 7) is 0.0266. The lowest BCUT2D eigenvalue weighted by atomic mass is 10.1. The van der Waals surface area contributed by atoms with E-state index in [1.807, 2.05) is 0 Å². The molecule has 28 heavy (non-hydrogen) atoms. The van der Waals surface area contributed by atoms with Gasteiger partial charge < -0.3 is 10.6 Å². The Morgan fingerprint density at radius 2 is 1.93 bits per heavy atom. The van der Waals surface area contributed by atoms with Gasteiger partial charge in [0, 0.05) is 25.1 Å². The van der Waals surface area contributed by atoms with Crippen LogP contribution >= 0.6 is 11.6 Å². The van der Waals surface area contributed by atoms with E-state index in [0.29, 0.717) is 28.2 Å². The maximum atomic E-state index is 12.8. The van der Waals surface area contributed by atoms with Gasteiger partial charge >= 0.3 is 0 Å². The third-order valence-corrected chi connectivity index (χ3v) is 3.93.